The number of hydrogen-bond acceptors (Lipinski definition) is 2. The molecule has 0 spiro atoms. The lowest BCUT2D eigenvalue weighted by molar-refractivity contribution is 1.09. The average molecular weight is 220 g/mol. The van der Waals surface area contributed by atoms with E-state index in [0.29, 0.717) is 0 Å². The van der Waals surface area contributed by atoms with Gasteiger partial charge in [0.25, 0.3) is 0 Å². The molecule has 82 valence electrons. The van der Waals surface area contributed by atoms with Crippen LogP contribution in [0.3, 0.4) is 0 Å². The quantitative estimate of drug-likeness (QED) is 0.713. The van der Waals surface area contributed by atoms with Crippen molar-refractivity contribution >= 4 is 23.7 Å². The van der Waals surface area contributed by atoms with Crippen molar-refractivity contribution in [3.05, 3.63) is 66.2 Å². The molecule has 1 heterocycles. The lowest BCUT2D eigenvalue weighted by Gasteiger charge is -2.19. The van der Waals surface area contributed by atoms with Gasteiger partial charge in [-0.2, -0.15) is 5.10 Å². The highest BCUT2D eigenvalue weighted by Gasteiger charge is 2.11. The van der Waals surface area contributed by atoms with E-state index >= 15 is 0 Å². The second kappa shape index (κ2) is 4.26. The molecule has 0 saturated heterocycles. The first kappa shape index (κ1) is 9.85. The highest BCUT2D eigenvalue weighted by molar-refractivity contribution is 5.86. The number of benzene rings is 2. The molecule has 1 aliphatic heterocycles. The Kier molecular flexibility index (Phi) is 2.47. The van der Waals surface area contributed by atoms with E-state index in [0.717, 1.165) is 11.4 Å². The summed E-state index contributed by atoms with van der Waals surface area (Å²) in [6, 6.07) is 18.4. The zero-order valence-electron chi connectivity index (χ0n) is 9.32. The van der Waals surface area contributed by atoms with Crippen molar-refractivity contribution < 1.29 is 0 Å². The maximum Gasteiger partial charge on any atom is 0.0724 e. The van der Waals surface area contributed by atoms with E-state index in [2.05, 4.69) is 35.4 Å². The molecule has 0 radical (unpaired) electrons. The molecule has 0 fully saturated rings. The van der Waals surface area contributed by atoms with E-state index < -0.39 is 0 Å². The number of allylic oxidation sites excluding steroid dienone is 1. The lowest BCUT2D eigenvalue weighted by Crippen LogP contribution is -2.09. The van der Waals surface area contributed by atoms with Crippen LogP contribution in [0.2, 0.25) is 0 Å². The normalized spacial score (nSPS) is 13.3. The highest BCUT2D eigenvalue weighted by atomic mass is 15.5. The third kappa shape index (κ3) is 1.85. The molecule has 0 amide bonds. The number of nitrogens with zero attached hydrogens (tertiary/aromatic N) is 2. The molecule has 2 nitrogen and oxygen atoms in total. The largest absolute Gasteiger partial charge is 0.233 e. The van der Waals surface area contributed by atoms with Crippen molar-refractivity contribution in [3.8, 4) is 0 Å². The summed E-state index contributed by atoms with van der Waals surface area (Å²) < 4.78 is 0. The van der Waals surface area contributed by atoms with Crippen LogP contribution in [-0.2, 0) is 0 Å². The van der Waals surface area contributed by atoms with Crippen molar-refractivity contribution in [2.45, 2.75) is 0 Å². The zero-order chi connectivity index (χ0) is 11.5. The van der Waals surface area contributed by atoms with E-state index in [1.807, 2.05) is 47.6 Å². The molecule has 0 aliphatic carbocycles. The van der Waals surface area contributed by atoms with Gasteiger partial charge in [0.05, 0.1) is 11.4 Å². The van der Waals surface area contributed by atoms with Crippen LogP contribution < -0.4 is 5.01 Å². The van der Waals surface area contributed by atoms with Gasteiger partial charge in [-0.3, -0.25) is 0 Å². The van der Waals surface area contributed by atoms with E-state index in [9.17, 15) is 0 Å². The second-order valence-electron chi connectivity index (χ2n) is 3.83. The van der Waals surface area contributed by atoms with Crippen molar-refractivity contribution in [2.75, 3.05) is 5.01 Å². The third-order valence-corrected chi connectivity index (χ3v) is 2.71. The Morgan fingerprint density at radius 3 is 2.47 bits per heavy atom. The lowest BCUT2D eigenvalue weighted by atomic mass is 10.1. The summed E-state index contributed by atoms with van der Waals surface area (Å²) in [5.74, 6) is 0. The van der Waals surface area contributed by atoms with Crippen LogP contribution in [0.5, 0.6) is 0 Å². The minimum Gasteiger partial charge on any atom is -0.233 e. The fourth-order valence-corrected chi connectivity index (χ4v) is 1.91. The zero-order valence-corrected chi connectivity index (χ0v) is 9.32. The molecule has 0 atom stereocenters. The third-order valence-electron chi connectivity index (χ3n) is 2.71. The van der Waals surface area contributed by atoms with Crippen LogP contribution in [0, 0.1) is 0 Å². The topological polar surface area (TPSA) is 15.6 Å². The number of hydrazone groups is 1. The molecule has 0 aromatic heterocycles. The summed E-state index contributed by atoms with van der Waals surface area (Å²) in [7, 11) is 0. The number of hydrogen-bond donors (Lipinski definition) is 0. The van der Waals surface area contributed by atoms with Gasteiger partial charge in [0.1, 0.15) is 0 Å². The molecule has 0 unspecified atom stereocenters. The molecule has 2 heteroatoms. The first-order valence-electron chi connectivity index (χ1n) is 5.60. The Morgan fingerprint density at radius 2 is 1.59 bits per heavy atom. The van der Waals surface area contributed by atoms with E-state index in [1.54, 1.807) is 0 Å². The predicted molar refractivity (Wildman–Crippen MR) is 72.5 cm³/mol. The van der Waals surface area contributed by atoms with E-state index in [4.69, 9.17) is 0 Å². The minimum atomic E-state index is 1.07. The summed E-state index contributed by atoms with van der Waals surface area (Å²) >= 11 is 0. The molecule has 3 rings (SSSR count). The monoisotopic (exact) mass is 220 g/mol. The SMILES string of the molecule is C1=Cc2ccccc2N(c2ccccc2)N=C1. The first-order valence-corrected chi connectivity index (χ1v) is 5.60. The van der Waals surface area contributed by atoms with Crippen molar-refractivity contribution in [1.82, 2.24) is 0 Å². The molecule has 2 aromatic carbocycles. The Morgan fingerprint density at radius 1 is 0.824 bits per heavy atom. The average Bonchev–Trinajstić information content (AvgIpc) is 2.62. The summed E-state index contributed by atoms with van der Waals surface area (Å²) in [5.41, 5.74) is 3.34. The summed E-state index contributed by atoms with van der Waals surface area (Å²) in [4.78, 5) is 0. The van der Waals surface area contributed by atoms with Crippen LogP contribution in [-0.4, -0.2) is 6.21 Å². The Hall–Kier alpha value is -2.35. The Balaban J connectivity index is 2.14. The summed E-state index contributed by atoms with van der Waals surface area (Å²) in [6.45, 7) is 0. The van der Waals surface area contributed by atoms with Crippen LogP contribution >= 0.6 is 0 Å². The van der Waals surface area contributed by atoms with Crippen LogP contribution in [0.25, 0.3) is 6.08 Å². The maximum absolute atomic E-state index is 4.46. The van der Waals surface area contributed by atoms with Gasteiger partial charge in [0.2, 0.25) is 0 Å². The fourth-order valence-electron chi connectivity index (χ4n) is 1.91. The van der Waals surface area contributed by atoms with Crippen LogP contribution in [0.15, 0.2) is 65.8 Å². The van der Waals surface area contributed by atoms with Crippen LogP contribution in [0.1, 0.15) is 5.56 Å². The van der Waals surface area contributed by atoms with Gasteiger partial charge in [-0.1, -0.05) is 42.5 Å². The number of fused-ring (bicyclic) bond motifs is 1. The molecule has 0 saturated carbocycles. The van der Waals surface area contributed by atoms with Crippen molar-refractivity contribution in [1.29, 1.82) is 0 Å². The van der Waals surface area contributed by atoms with Gasteiger partial charge in [0.15, 0.2) is 0 Å². The molecule has 0 bridgehead atoms. The molecule has 0 N–H and O–H groups in total. The summed E-state index contributed by atoms with van der Waals surface area (Å²) in [5, 5.41) is 6.41. The fraction of sp³-hybridized carbons (Fsp3) is 0. The van der Waals surface area contributed by atoms with Gasteiger partial charge in [-0.15, -0.1) is 0 Å². The number of rotatable bonds is 1. The highest BCUT2D eigenvalue weighted by Crippen LogP contribution is 2.30. The number of para-hydroxylation sites is 2. The standard InChI is InChI=1S/C15H12N2/c1-2-9-14(10-3-1)17-15-11-5-4-7-13(15)8-6-12-16-17/h1-12H. The Bertz CT molecular complexity index is 570. The van der Waals surface area contributed by atoms with Crippen molar-refractivity contribution in [3.63, 3.8) is 0 Å². The first-order chi connectivity index (χ1) is 8.45. The maximum atomic E-state index is 4.46. The van der Waals surface area contributed by atoms with Gasteiger partial charge in [0, 0.05) is 11.8 Å². The van der Waals surface area contributed by atoms with E-state index in [1.165, 1.54) is 5.56 Å². The van der Waals surface area contributed by atoms with Crippen LogP contribution in [0.4, 0.5) is 11.4 Å². The number of anilines is 2. The smallest absolute Gasteiger partial charge is 0.0724 e. The molecule has 1 aliphatic rings. The van der Waals surface area contributed by atoms with Gasteiger partial charge < -0.3 is 0 Å². The molecule has 2 aromatic rings. The van der Waals surface area contributed by atoms with Gasteiger partial charge in [-0.05, 0) is 24.3 Å². The Labute approximate surface area is 101 Å². The minimum absolute atomic E-state index is 1.07. The van der Waals surface area contributed by atoms with Crippen molar-refractivity contribution in [2.24, 2.45) is 5.10 Å². The summed E-state index contributed by atoms with van der Waals surface area (Å²) in [6.07, 6.45) is 5.84. The van der Waals surface area contributed by atoms with Gasteiger partial charge in [-0.25, -0.2) is 5.01 Å². The second-order valence-corrected chi connectivity index (χ2v) is 3.83. The predicted octanol–water partition coefficient (Wildman–Crippen LogP) is 3.84. The molecular weight excluding hydrogens is 208 g/mol. The molecular formula is C15H12N2. The van der Waals surface area contributed by atoms with Gasteiger partial charge >= 0.3 is 0 Å². The molecule has 17 heavy (non-hydrogen) atoms. The van der Waals surface area contributed by atoms with E-state index in [-0.39, 0.29) is 0 Å².